The van der Waals surface area contributed by atoms with Crippen molar-refractivity contribution < 1.29 is 4.79 Å². The van der Waals surface area contributed by atoms with Gasteiger partial charge in [0.25, 0.3) is 0 Å². The van der Waals surface area contributed by atoms with Gasteiger partial charge in [0, 0.05) is 18.5 Å². The topological polar surface area (TPSA) is 55.1 Å². The zero-order valence-corrected chi connectivity index (χ0v) is 9.80. The highest BCUT2D eigenvalue weighted by Crippen LogP contribution is 2.23. The molecule has 0 aliphatic heterocycles. The molecule has 3 nitrogen and oxygen atoms in total. The predicted molar refractivity (Wildman–Crippen MR) is 62.5 cm³/mol. The van der Waals surface area contributed by atoms with E-state index in [2.05, 4.69) is 12.2 Å². The van der Waals surface area contributed by atoms with Crippen LogP contribution in [-0.4, -0.2) is 18.5 Å². The van der Waals surface area contributed by atoms with E-state index in [4.69, 9.17) is 5.73 Å². The van der Waals surface area contributed by atoms with E-state index in [1.54, 1.807) is 0 Å². The van der Waals surface area contributed by atoms with E-state index >= 15 is 0 Å². The zero-order valence-electron chi connectivity index (χ0n) is 9.80. The largest absolute Gasteiger partial charge is 0.352 e. The highest BCUT2D eigenvalue weighted by Gasteiger charge is 2.22. The Balaban J connectivity index is 2.31. The van der Waals surface area contributed by atoms with Crippen LogP contribution in [0.15, 0.2) is 0 Å². The SMILES string of the molecule is CCCC(CN)NC(=O)C1CCCCC1. The van der Waals surface area contributed by atoms with Crippen molar-refractivity contribution in [3.8, 4) is 0 Å². The first-order valence-corrected chi connectivity index (χ1v) is 6.28. The molecule has 3 heteroatoms. The molecular formula is C12H24N2O. The van der Waals surface area contributed by atoms with Crippen LogP contribution in [0.5, 0.6) is 0 Å². The highest BCUT2D eigenvalue weighted by atomic mass is 16.1. The van der Waals surface area contributed by atoms with E-state index in [1.807, 2.05) is 0 Å². The summed E-state index contributed by atoms with van der Waals surface area (Å²) in [5.74, 6) is 0.489. The first-order chi connectivity index (χ1) is 7.27. The van der Waals surface area contributed by atoms with Gasteiger partial charge in [-0.15, -0.1) is 0 Å². The van der Waals surface area contributed by atoms with Crippen LogP contribution in [0, 0.1) is 5.92 Å². The molecule has 1 unspecified atom stereocenters. The summed E-state index contributed by atoms with van der Waals surface area (Å²) in [6.45, 7) is 2.68. The van der Waals surface area contributed by atoms with Gasteiger partial charge in [0.05, 0.1) is 0 Å². The standard InChI is InChI=1S/C12H24N2O/c1-2-6-11(9-13)14-12(15)10-7-4-3-5-8-10/h10-11H,2-9,13H2,1H3,(H,14,15). The van der Waals surface area contributed by atoms with Crippen LogP contribution in [-0.2, 0) is 4.79 Å². The van der Waals surface area contributed by atoms with Gasteiger partial charge in [0.1, 0.15) is 0 Å². The molecule has 0 radical (unpaired) electrons. The summed E-state index contributed by atoms with van der Waals surface area (Å²) in [6.07, 6.45) is 7.91. The van der Waals surface area contributed by atoms with Crippen molar-refractivity contribution in [1.29, 1.82) is 0 Å². The highest BCUT2D eigenvalue weighted by molar-refractivity contribution is 5.79. The Morgan fingerprint density at radius 2 is 2.07 bits per heavy atom. The fraction of sp³-hybridized carbons (Fsp3) is 0.917. The van der Waals surface area contributed by atoms with E-state index in [0.29, 0.717) is 6.54 Å². The number of rotatable bonds is 5. The molecular weight excluding hydrogens is 188 g/mol. The maximum Gasteiger partial charge on any atom is 0.223 e. The van der Waals surface area contributed by atoms with Crippen LogP contribution in [0.25, 0.3) is 0 Å². The lowest BCUT2D eigenvalue weighted by Gasteiger charge is -2.24. The second-order valence-corrected chi connectivity index (χ2v) is 4.56. The van der Waals surface area contributed by atoms with Gasteiger partial charge in [-0.05, 0) is 19.3 Å². The Morgan fingerprint density at radius 3 is 2.60 bits per heavy atom. The molecule has 1 atom stereocenters. The number of amides is 1. The van der Waals surface area contributed by atoms with Crippen LogP contribution >= 0.6 is 0 Å². The average Bonchev–Trinajstić information content (AvgIpc) is 2.29. The molecule has 0 bridgehead atoms. The summed E-state index contributed by atoms with van der Waals surface area (Å²) in [7, 11) is 0. The van der Waals surface area contributed by atoms with Crippen molar-refractivity contribution in [2.75, 3.05) is 6.54 Å². The van der Waals surface area contributed by atoms with Gasteiger partial charge in [0.2, 0.25) is 5.91 Å². The lowest BCUT2D eigenvalue weighted by atomic mass is 9.88. The van der Waals surface area contributed by atoms with Gasteiger partial charge in [-0.2, -0.15) is 0 Å². The third-order valence-corrected chi connectivity index (χ3v) is 3.24. The number of hydrogen-bond acceptors (Lipinski definition) is 2. The zero-order chi connectivity index (χ0) is 11.1. The van der Waals surface area contributed by atoms with E-state index in [1.165, 1.54) is 19.3 Å². The number of carbonyl (C=O) groups is 1. The maximum absolute atomic E-state index is 11.9. The second-order valence-electron chi connectivity index (χ2n) is 4.56. The van der Waals surface area contributed by atoms with Crippen molar-refractivity contribution in [1.82, 2.24) is 5.32 Å². The molecule has 0 heterocycles. The van der Waals surface area contributed by atoms with Crippen LogP contribution in [0.1, 0.15) is 51.9 Å². The van der Waals surface area contributed by atoms with E-state index < -0.39 is 0 Å². The first kappa shape index (κ1) is 12.5. The second kappa shape index (κ2) is 6.83. The van der Waals surface area contributed by atoms with Gasteiger partial charge in [-0.25, -0.2) is 0 Å². The third kappa shape index (κ3) is 4.20. The molecule has 1 saturated carbocycles. The van der Waals surface area contributed by atoms with Gasteiger partial charge >= 0.3 is 0 Å². The van der Waals surface area contributed by atoms with E-state index in [9.17, 15) is 4.79 Å². The lowest BCUT2D eigenvalue weighted by molar-refractivity contribution is -0.126. The molecule has 15 heavy (non-hydrogen) atoms. The third-order valence-electron chi connectivity index (χ3n) is 3.24. The molecule has 1 amide bonds. The lowest BCUT2D eigenvalue weighted by Crippen LogP contribution is -2.43. The van der Waals surface area contributed by atoms with Crippen LogP contribution in [0.3, 0.4) is 0 Å². The summed E-state index contributed by atoms with van der Waals surface area (Å²) in [5, 5.41) is 3.07. The molecule has 1 aliphatic rings. The average molecular weight is 212 g/mol. The molecule has 88 valence electrons. The Bertz CT molecular complexity index is 188. The molecule has 0 spiro atoms. The summed E-state index contributed by atoms with van der Waals surface area (Å²) < 4.78 is 0. The molecule has 0 aromatic carbocycles. The van der Waals surface area contributed by atoms with E-state index in [0.717, 1.165) is 25.7 Å². The molecule has 1 fully saturated rings. The first-order valence-electron chi connectivity index (χ1n) is 6.28. The minimum Gasteiger partial charge on any atom is -0.352 e. The Morgan fingerprint density at radius 1 is 1.40 bits per heavy atom. The number of carbonyl (C=O) groups excluding carboxylic acids is 1. The van der Waals surface area contributed by atoms with Crippen LogP contribution < -0.4 is 11.1 Å². The van der Waals surface area contributed by atoms with Gasteiger partial charge < -0.3 is 11.1 Å². The van der Waals surface area contributed by atoms with Gasteiger partial charge in [-0.3, -0.25) is 4.79 Å². The minimum atomic E-state index is 0.185. The summed E-state index contributed by atoms with van der Waals surface area (Å²) >= 11 is 0. The minimum absolute atomic E-state index is 0.185. The monoisotopic (exact) mass is 212 g/mol. The van der Waals surface area contributed by atoms with E-state index in [-0.39, 0.29) is 17.9 Å². The fourth-order valence-electron chi connectivity index (χ4n) is 2.28. The summed E-state index contributed by atoms with van der Waals surface area (Å²) in [6, 6.07) is 0.185. The number of nitrogens with one attached hydrogen (secondary N) is 1. The van der Waals surface area contributed by atoms with Crippen molar-refractivity contribution in [2.24, 2.45) is 11.7 Å². The van der Waals surface area contributed by atoms with Crippen molar-refractivity contribution in [2.45, 2.75) is 57.9 Å². The fourth-order valence-corrected chi connectivity index (χ4v) is 2.28. The maximum atomic E-state index is 11.9. The van der Waals surface area contributed by atoms with Gasteiger partial charge in [0.15, 0.2) is 0 Å². The normalized spacial score (nSPS) is 19.9. The molecule has 1 aliphatic carbocycles. The molecule has 0 aromatic heterocycles. The molecule has 3 N–H and O–H groups in total. The van der Waals surface area contributed by atoms with Gasteiger partial charge in [-0.1, -0.05) is 32.6 Å². The summed E-state index contributed by atoms with van der Waals surface area (Å²) in [5.41, 5.74) is 5.62. The number of hydrogen-bond donors (Lipinski definition) is 2. The van der Waals surface area contributed by atoms with Crippen LogP contribution in [0.4, 0.5) is 0 Å². The predicted octanol–water partition coefficient (Wildman–Crippen LogP) is 1.81. The smallest absolute Gasteiger partial charge is 0.223 e. The van der Waals surface area contributed by atoms with Crippen molar-refractivity contribution >= 4 is 5.91 Å². The molecule has 1 rings (SSSR count). The quantitative estimate of drug-likeness (QED) is 0.730. The molecule has 0 saturated heterocycles. The Hall–Kier alpha value is -0.570. The van der Waals surface area contributed by atoms with Crippen LogP contribution in [0.2, 0.25) is 0 Å². The summed E-state index contributed by atoms with van der Waals surface area (Å²) in [4.78, 5) is 11.9. The van der Waals surface area contributed by atoms with Crippen molar-refractivity contribution in [3.63, 3.8) is 0 Å². The number of nitrogens with two attached hydrogens (primary N) is 1. The Kier molecular flexibility index (Phi) is 5.69. The molecule has 0 aromatic rings. The van der Waals surface area contributed by atoms with Crippen molar-refractivity contribution in [3.05, 3.63) is 0 Å². The Labute approximate surface area is 92.8 Å².